The van der Waals surface area contributed by atoms with E-state index >= 15 is 0 Å². The summed E-state index contributed by atoms with van der Waals surface area (Å²) >= 11 is 0. The largest absolute Gasteiger partial charge is 0.366 e. The van der Waals surface area contributed by atoms with Crippen LogP contribution in [0.1, 0.15) is 36.0 Å². The van der Waals surface area contributed by atoms with Crippen molar-refractivity contribution in [3.63, 3.8) is 0 Å². The Balaban J connectivity index is 0.00000338. The first-order chi connectivity index (χ1) is 11.9. The average Bonchev–Trinajstić information content (AvgIpc) is 2.60. The molecule has 10 heteroatoms. The highest BCUT2D eigenvalue weighted by Crippen LogP contribution is 2.25. The second-order valence-corrected chi connectivity index (χ2v) is 7.89. The quantitative estimate of drug-likeness (QED) is 0.597. The van der Waals surface area contributed by atoms with Gasteiger partial charge < -0.3 is 16.8 Å². The third-order valence-corrected chi connectivity index (χ3v) is 6.15. The van der Waals surface area contributed by atoms with Gasteiger partial charge in [0.05, 0.1) is 4.90 Å². The molecule has 1 aliphatic heterocycles. The maximum absolute atomic E-state index is 13.0. The zero-order valence-corrected chi connectivity index (χ0v) is 16.0. The predicted molar refractivity (Wildman–Crippen MR) is 100 cm³/mol. The number of carbonyl (C=O) groups excluding carboxylic acids is 2. The minimum absolute atomic E-state index is 0. The van der Waals surface area contributed by atoms with Crippen LogP contribution >= 0.6 is 12.4 Å². The zero-order valence-electron chi connectivity index (χ0n) is 14.4. The molecule has 146 valence electrons. The van der Waals surface area contributed by atoms with Crippen molar-refractivity contribution in [1.29, 1.82) is 0 Å². The van der Waals surface area contributed by atoms with Crippen LogP contribution in [0.15, 0.2) is 29.2 Å². The van der Waals surface area contributed by atoms with Gasteiger partial charge in [-0.1, -0.05) is 12.5 Å². The third-order valence-electron chi connectivity index (χ3n) is 4.20. The Morgan fingerprint density at radius 1 is 1.27 bits per heavy atom. The number of sulfonamides is 1. The molecule has 0 radical (unpaired) electrons. The summed E-state index contributed by atoms with van der Waals surface area (Å²) in [7, 11) is -3.78. The van der Waals surface area contributed by atoms with Crippen LogP contribution in [0.25, 0.3) is 0 Å². The number of hydrogen-bond acceptors (Lipinski definition) is 5. The molecule has 0 spiro atoms. The number of amides is 2. The molecule has 1 fully saturated rings. The van der Waals surface area contributed by atoms with Crippen LogP contribution in [0.5, 0.6) is 0 Å². The van der Waals surface area contributed by atoms with E-state index in [0.29, 0.717) is 13.0 Å². The van der Waals surface area contributed by atoms with Crippen LogP contribution in [-0.2, 0) is 14.8 Å². The van der Waals surface area contributed by atoms with Crippen LogP contribution in [0.4, 0.5) is 0 Å². The van der Waals surface area contributed by atoms with Gasteiger partial charge in [-0.15, -0.1) is 12.4 Å². The minimum Gasteiger partial charge on any atom is -0.366 e. The first kappa shape index (κ1) is 22.4. The van der Waals surface area contributed by atoms with E-state index in [9.17, 15) is 18.0 Å². The molecular weight excluding hydrogens is 380 g/mol. The first-order valence-electron chi connectivity index (χ1n) is 8.24. The van der Waals surface area contributed by atoms with Crippen molar-refractivity contribution in [1.82, 2.24) is 9.62 Å². The highest BCUT2D eigenvalue weighted by atomic mass is 35.5. The molecule has 5 N–H and O–H groups in total. The third kappa shape index (κ3) is 5.41. The number of nitrogens with zero attached hydrogens (tertiary/aromatic N) is 1. The SMILES string of the molecule is Cl.NCCC(=O)NCC1CCCCN1S(=O)(=O)c1cccc(C(N)=O)c1. The number of piperidine rings is 1. The first-order valence-corrected chi connectivity index (χ1v) is 9.68. The van der Waals surface area contributed by atoms with Gasteiger partial charge in [0.1, 0.15) is 0 Å². The second kappa shape index (κ2) is 9.86. The van der Waals surface area contributed by atoms with E-state index in [2.05, 4.69) is 5.32 Å². The molecule has 1 aromatic carbocycles. The lowest BCUT2D eigenvalue weighted by molar-refractivity contribution is -0.121. The monoisotopic (exact) mass is 404 g/mol. The Kier molecular flexibility index (Phi) is 8.48. The van der Waals surface area contributed by atoms with Gasteiger partial charge in [0.25, 0.3) is 0 Å². The molecule has 1 aromatic rings. The van der Waals surface area contributed by atoms with Crippen LogP contribution in [-0.4, -0.2) is 50.2 Å². The van der Waals surface area contributed by atoms with Crippen LogP contribution < -0.4 is 16.8 Å². The minimum atomic E-state index is -3.78. The summed E-state index contributed by atoms with van der Waals surface area (Å²) in [4.78, 5) is 23.0. The van der Waals surface area contributed by atoms with Crippen molar-refractivity contribution in [3.05, 3.63) is 29.8 Å². The molecule has 1 aliphatic rings. The molecule has 1 atom stereocenters. The molecule has 2 amide bonds. The van der Waals surface area contributed by atoms with E-state index < -0.39 is 15.9 Å². The van der Waals surface area contributed by atoms with Gasteiger partial charge in [0.2, 0.25) is 21.8 Å². The fourth-order valence-corrected chi connectivity index (χ4v) is 4.63. The maximum atomic E-state index is 13.0. The Labute approximate surface area is 159 Å². The molecule has 0 aromatic heterocycles. The van der Waals surface area contributed by atoms with Gasteiger partial charge in [-0.05, 0) is 31.0 Å². The number of nitrogens with one attached hydrogen (secondary N) is 1. The van der Waals surface area contributed by atoms with Crippen molar-refractivity contribution in [2.45, 2.75) is 36.6 Å². The summed E-state index contributed by atoms with van der Waals surface area (Å²) in [6.07, 6.45) is 2.52. The highest BCUT2D eigenvalue weighted by Gasteiger charge is 2.33. The molecule has 2 rings (SSSR count). The summed E-state index contributed by atoms with van der Waals surface area (Å²) in [6.45, 7) is 0.868. The average molecular weight is 405 g/mol. The van der Waals surface area contributed by atoms with Gasteiger partial charge >= 0.3 is 0 Å². The summed E-state index contributed by atoms with van der Waals surface area (Å²) in [6, 6.07) is 5.38. The molecule has 1 saturated heterocycles. The zero-order chi connectivity index (χ0) is 18.4. The molecule has 8 nitrogen and oxygen atoms in total. The van der Waals surface area contributed by atoms with Crippen molar-refractivity contribution in [3.8, 4) is 0 Å². The fourth-order valence-electron chi connectivity index (χ4n) is 2.89. The lowest BCUT2D eigenvalue weighted by atomic mass is 10.1. The summed E-state index contributed by atoms with van der Waals surface area (Å²) in [5, 5.41) is 2.74. The van der Waals surface area contributed by atoms with Gasteiger partial charge in [-0.25, -0.2) is 8.42 Å². The number of carbonyl (C=O) groups is 2. The van der Waals surface area contributed by atoms with Gasteiger partial charge in [0.15, 0.2) is 0 Å². The molecule has 1 heterocycles. The Morgan fingerprint density at radius 2 is 2.00 bits per heavy atom. The van der Waals surface area contributed by atoms with Gasteiger partial charge in [-0.2, -0.15) is 4.31 Å². The topological polar surface area (TPSA) is 136 Å². The number of hydrogen-bond donors (Lipinski definition) is 3. The number of benzene rings is 1. The maximum Gasteiger partial charge on any atom is 0.248 e. The highest BCUT2D eigenvalue weighted by molar-refractivity contribution is 7.89. The molecule has 0 aliphatic carbocycles. The van der Waals surface area contributed by atoms with E-state index in [1.165, 1.54) is 28.6 Å². The fraction of sp³-hybridized carbons (Fsp3) is 0.500. The van der Waals surface area contributed by atoms with Crippen LogP contribution in [0.2, 0.25) is 0 Å². The van der Waals surface area contributed by atoms with Gasteiger partial charge in [0, 0.05) is 37.7 Å². The van der Waals surface area contributed by atoms with Gasteiger partial charge in [-0.3, -0.25) is 9.59 Å². The lowest BCUT2D eigenvalue weighted by Crippen LogP contribution is -2.49. The van der Waals surface area contributed by atoms with E-state index in [4.69, 9.17) is 11.5 Å². The molecule has 26 heavy (non-hydrogen) atoms. The normalized spacial score (nSPS) is 18.0. The van der Waals surface area contributed by atoms with Crippen molar-refractivity contribution in [2.24, 2.45) is 11.5 Å². The summed E-state index contributed by atoms with van der Waals surface area (Å²) < 4.78 is 27.4. The van der Waals surface area contributed by atoms with Crippen molar-refractivity contribution in [2.75, 3.05) is 19.6 Å². The summed E-state index contributed by atoms with van der Waals surface area (Å²) in [5.41, 5.74) is 10.7. The summed E-state index contributed by atoms with van der Waals surface area (Å²) in [5.74, 6) is -0.873. The molecular formula is C16H25ClN4O4S. The molecule has 0 saturated carbocycles. The number of halogens is 1. The Hall–Kier alpha value is -1.68. The Bertz CT molecular complexity index is 742. The van der Waals surface area contributed by atoms with Crippen molar-refractivity contribution < 1.29 is 18.0 Å². The smallest absolute Gasteiger partial charge is 0.248 e. The second-order valence-electron chi connectivity index (χ2n) is 6.00. The lowest BCUT2D eigenvalue weighted by Gasteiger charge is -2.34. The van der Waals surface area contributed by atoms with E-state index in [1.807, 2.05) is 0 Å². The van der Waals surface area contributed by atoms with Crippen molar-refractivity contribution >= 4 is 34.2 Å². The molecule has 0 bridgehead atoms. The number of nitrogens with two attached hydrogens (primary N) is 2. The van der Waals surface area contributed by atoms with E-state index in [0.717, 1.165) is 12.8 Å². The van der Waals surface area contributed by atoms with Crippen LogP contribution in [0, 0.1) is 0 Å². The Morgan fingerprint density at radius 3 is 2.65 bits per heavy atom. The van der Waals surface area contributed by atoms with E-state index in [1.54, 1.807) is 0 Å². The van der Waals surface area contributed by atoms with Crippen LogP contribution in [0.3, 0.4) is 0 Å². The molecule has 1 unspecified atom stereocenters. The standard InChI is InChI=1S/C16H24N4O4S.ClH/c17-8-7-15(21)19-11-13-5-1-2-9-20(13)25(23,24)14-6-3-4-12(10-14)16(18)22;/h3-4,6,10,13H,1-2,5,7-9,11,17H2,(H2,18,22)(H,19,21);1H. The number of rotatable bonds is 7. The number of primary amides is 1. The van der Waals surface area contributed by atoms with E-state index in [-0.39, 0.29) is 54.3 Å². The predicted octanol–water partition coefficient (Wildman–Crippen LogP) is 0.216.